The van der Waals surface area contributed by atoms with Gasteiger partial charge >= 0.3 is 5.97 Å². The summed E-state index contributed by atoms with van der Waals surface area (Å²) in [5.41, 5.74) is 0.733. The van der Waals surface area contributed by atoms with E-state index in [0.717, 1.165) is 0 Å². The highest BCUT2D eigenvalue weighted by Gasteiger charge is 2.20. The molecule has 10 nitrogen and oxygen atoms in total. The van der Waals surface area contributed by atoms with E-state index in [2.05, 4.69) is 4.72 Å². The Balaban J connectivity index is 1.19. The van der Waals surface area contributed by atoms with Crippen LogP contribution in [0.5, 0.6) is 23.0 Å². The van der Waals surface area contributed by atoms with Gasteiger partial charge in [0, 0.05) is 17.3 Å². The summed E-state index contributed by atoms with van der Waals surface area (Å²) in [5, 5.41) is 0. The Morgan fingerprint density at radius 1 is 0.722 bits per heavy atom. The van der Waals surface area contributed by atoms with E-state index in [1.54, 1.807) is 18.2 Å². The molecule has 0 aliphatic carbocycles. The quantitative estimate of drug-likeness (QED) is 0.376. The van der Waals surface area contributed by atoms with Crippen LogP contribution in [0.2, 0.25) is 0 Å². The third-order valence-corrected chi connectivity index (χ3v) is 6.77. The van der Waals surface area contributed by atoms with Gasteiger partial charge in [0.15, 0.2) is 35.4 Å². The van der Waals surface area contributed by atoms with E-state index >= 15 is 0 Å². The number of fused-ring (bicyclic) bond motifs is 2. The summed E-state index contributed by atoms with van der Waals surface area (Å²) in [6, 6.07) is 14.8. The van der Waals surface area contributed by atoms with E-state index in [1.807, 2.05) is 0 Å². The van der Waals surface area contributed by atoms with Crippen LogP contribution in [0, 0.1) is 0 Å². The number of ketones is 1. The van der Waals surface area contributed by atoms with Crippen molar-refractivity contribution in [3.63, 3.8) is 0 Å². The maximum atomic E-state index is 12.8. The number of hydrogen-bond donors (Lipinski definition) is 1. The fourth-order valence-electron chi connectivity index (χ4n) is 3.59. The number of Topliss-reactive ketones (excluding diaryl/α,β-unsaturated/α-hetero) is 1. The predicted molar refractivity (Wildman–Crippen MR) is 127 cm³/mol. The van der Waals surface area contributed by atoms with Crippen molar-refractivity contribution < 1.29 is 41.7 Å². The Morgan fingerprint density at radius 2 is 1.28 bits per heavy atom. The zero-order chi connectivity index (χ0) is 25.1. The largest absolute Gasteiger partial charge is 0.486 e. The molecule has 11 heteroatoms. The molecule has 186 valence electrons. The van der Waals surface area contributed by atoms with E-state index in [1.165, 1.54) is 42.5 Å². The summed E-state index contributed by atoms with van der Waals surface area (Å²) in [6.45, 7) is 1.11. The summed E-state index contributed by atoms with van der Waals surface area (Å²) in [4.78, 5) is 24.8. The van der Waals surface area contributed by atoms with Crippen molar-refractivity contribution in [2.75, 3.05) is 37.8 Å². The van der Waals surface area contributed by atoms with Gasteiger partial charge in [0.2, 0.25) is 0 Å². The molecule has 2 aliphatic rings. The summed E-state index contributed by atoms with van der Waals surface area (Å²) in [6.07, 6.45) is 0. The second-order valence-corrected chi connectivity index (χ2v) is 9.53. The molecule has 0 spiro atoms. The molecule has 0 atom stereocenters. The number of anilines is 1. The van der Waals surface area contributed by atoms with Crippen LogP contribution in [-0.4, -0.2) is 53.2 Å². The minimum atomic E-state index is -3.90. The highest BCUT2D eigenvalue weighted by molar-refractivity contribution is 7.92. The average molecular weight is 512 g/mol. The van der Waals surface area contributed by atoms with Crippen LogP contribution in [0.4, 0.5) is 5.69 Å². The van der Waals surface area contributed by atoms with E-state index < -0.39 is 28.4 Å². The lowest BCUT2D eigenvalue weighted by molar-refractivity contribution is 0.0474. The van der Waals surface area contributed by atoms with Crippen LogP contribution in [0.3, 0.4) is 0 Å². The number of hydrogen-bond acceptors (Lipinski definition) is 9. The monoisotopic (exact) mass is 511 g/mol. The minimum absolute atomic E-state index is 0.00730. The second kappa shape index (κ2) is 9.78. The van der Waals surface area contributed by atoms with E-state index in [9.17, 15) is 18.0 Å². The van der Waals surface area contributed by atoms with Gasteiger partial charge in [-0.3, -0.25) is 9.52 Å². The molecule has 3 aromatic rings. The molecule has 0 amide bonds. The third kappa shape index (κ3) is 5.05. The Morgan fingerprint density at radius 3 is 1.94 bits per heavy atom. The number of carbonyl (C=O) groups excluding carboxylic acids is 2. The lowest BCUT2D eigenvalue weighted by atomic mass is 10.1. The van der Waals surface area contributed by atoms with Crippen LogP contribution in [-0.2, 0) is 14.8 Å². The molecule has 0 saturated carbocycles. The summed E-state index contributed by atoms with van der Waals surface area (Å²) < 4.78 is 54.8. The Kier molecular flexibility index (Phi) is 6.38. The van der Waals surface area contributed by atoms with E-state index in [0.29, 0.717) is 55.0 Å². The van der Waals surface area contributed by atoms with Gasteiger partial charge < -0.3 is 23.7 Å². The number of carbonyl (C=O) groups is 2. The minimum Gasteiger partial charge on any atom is -0.486 e. The molecule has 0 radical (unpaired) electrons. The molecule has 0 bridgehead atoms. The lowest BCUT2D eigenvalue weighted by Gasteiger charge is -2.19. The molecular formula is C25H21NO9S. The molecule has 1 N–H and O–H groups in total. The Hall–Kier alpha value is -4.25. The Bertz CT molecular complexity index is 1420. The lowest BCUT2D eigenvalue weighted by Crippen LogP contribution is -2.18. The zero-order valence-electron chi connectivity index (χ0n) is 18.9. The van der Waals surface area contributed by atoms with Crippen LogP contribution in [0.1, 0.15) is 20.7 Å². The standard InChI is InChI=1S/C25H21NO9S/c27-20(17-3-7-21-23(13-17)33-11-9-31-21)15-35-25(28)16-1-4-18(5-2-16)26-36(29,30)19-6-8-22-24(14-19)34-12-10-32-22/h1-8,13-14,26H,9-12,15H2. The van der Waals surface area contributed by atoms with Crippen molar-refractivity contribution in [1.29, 1.82) is 0 Å². The van der Waals surface area contributed by atoms with Crippen molar-refractivity contribution in [2.24, 2.45) is 0 Å². The first-order chi connectivity index (χ1) is 17.4. The fraction of sp³-hybridized carbons (Fsp3) is 0.200. The topological polar surface area (TPSA) is 126 Å². The second-order valence-electron chi connectivity index (χ2n) is 7.85. The maximum absolute atomic E-state index is 12.8. The van der Waals surface area contributed by atoms with Crippen molar-refractivity contribution >= 4 is 27.5 Å². The summed E-state index contributed by atoms with van der Waals surface area (Å²) in [7, 11) is -3.90. The number of rotatable bonds is 7. The molecule has 0 saturated heterocycles. The van der Waals surface area contributed by atoms with Crippen molar-refractivity contribution in [2.45, 2.75) is 4.90 Å². The Labute approximate surface area is 206 Å². The summed E-state index contributed by atoms with van der Waals surface area (Å²) in [5.74, 6) is 0.738. The van der Waals surface area contributed by atoms with Gasteiger partial charge in [-0.05, 0) is 54.6 Å². The fourth-order valence-corrected chi connectivity index (χ4v) is 4.67. The highest BCUT2D eigenvalue weighted by atomic mass is 32.2. The van der Waals surface area contributed by atoms with Crippen molar-refractivity contribution in [1.82, 2.24) is 0 Å². The predicted octanol–water partition coefficient (Wildman–Crippen LogP) is 3.07. The molecule has 3 aromatic carbocycles. The average Bonchev–Trinajstić information content (AvgIpc) is 2.91. The van der Waals surface area contributed by atoms with Gasteiger partial charge in [0.25, 0.3) is 10.0 Å². The van der Waals surface area contributed by atoms with E-state index in [-0.39, 0.29) is 16.1 Å². The number of sulfonamides is 1. The SMILES string of the molecule is O=C(COC(=O)c1ccc(NS(=O)(=O)c2ccc3c(c2)OCCO3)cc1)c1ccc2c(c1)OCCO2. The smallest absolute Gasteiger partial charge is 0.338 e. The number of esters is 1. The first kappa shape index (κ1) is 23.5. The first-order valence-electron chi connectivity index (χ1n) is 11.0. The molecule has 36 heavy (non-hydrogen) atoms. The number of benzene rings is 3. The molecule has 0 unspecified atom stereocenters. The van der Waals surface area contributed by atoms with Crippen LogP contribution < -0.4 is 23.7 Å². The number of nitrogens with one attached hydrogen (secondary N) is 1. The van der Waals surface area contributed by atoms with Gasteiger partial charge in [-0.15, -0.1) is 0 Å². The van der Waals surface area contributed by atoms with Crippen LogP contribution in [0.15, 0.2) is 65.6 Å². The molecule has 5 rings (SSSR count). The van der Waals surface area contributed by atoms with Crippen LogP contribution in [0.25, 0.3) is 0 Å². The van der Waals surface area contributed by atoms with Gasteiger partial charge in [-0.1, -0.05) is 0 Å². The first-order valence-corrected chi connectivity index (χ1v) is 12.5. The van der Waals surface area contributed by atoms with Gasteiger partial charge in [-0.25, -0.2) is 13.2 Å². The zero-order valence-corrected chi connectivity index (χ0v) is 19.7. The normalized spacial score (nSPS) is 14.0. The number of ether oxygens (including phenoxy) is 5. The molecule has 2 heterocycles. The molecule has 0 fully saturated rings. The molecular weight excluding hydrogens is 490 g/mol. The van der Waals surface area contributed by atoms with Crippen LogP contribution >= 0.6 is 0 Å². The van der Waals surface area contributed by atoms with E-state index in [4.69, 9.17) is 23.7 Å². The van der Waals surface area contributed by atoms with Crippen molar-refractivity contribution in [3.05, 3.63) is 71.8 Å². The summed E-state index contributed by atoms with van der Waals surface area (Å²) >= 11 is 0. The highest BCUT2D eigenvalue weighted by Crippen LogP contribution is 2.33. The molecule has 2 aliphatic heterocycles. The van der Waals surface area contributed by atoms with Gasteiger partial charge in [-0.2, -0.15) is 0 Å². The van der Waals surface area contributed by atoms with Gasteiger partial charge in [0.1, 0.15) is 26.4 Å². The van der Waals surface area contributed by atoms with Crippen molar-refractivity contribution in [3.8, 4) is 23.0 Å². The molecule has 0 aromatic heterocycles. The maximum Gasteiger partial charge on any atom is 0.338 e. The van der Waals surface area contributed by atoms with Gasteiger partial charge in [0.05, 0.1) is 10.5 Å². The third-order valence-electron chi connectivity index (χ3n) is 5.40.